The molecule has 23 heavy (non-hydrogen) atoms. The Morgan fingerprint density at radius 2 is 2.13 bits per heavy atom. The van der Waals surface area contributed by atoms with Gasteiger partial charge in [0.2, 0.25) is 0 Å². The van der Waals surface area contributed by atoms with Crippen molar-refractivity contribution < 1.29 is 9.72 Å². The van der Waals surface area contributed by atoms with E-state index in [2.05, 4.69) is 24.1 Å². The molecular weight excluding hydrogens is 296 g/mol. The first-order chi connectivity index (χ1) is 10.8. The smallest absolute Gasteiger partial charge is 0.270 e. The summed E-state index contributed by atoms with van der Waals surface area (Å²) in [5.41, 5.74) is 0.940. The van der Waals surface area contributed by atoms with Gasteiger partial charge in [0, 0.05) is 57.1 Å². The summed E-state index contributed by atoms with van der Waals surface area (Å²) in [6, 6.07) is 4.91. The first-order valence-electron chi connectivity index (χ1n) is 7.80. The van der Waals surface area contributed by atoms with Crippen LogP contribution in [0.4, 0.5) is 11.4 Å². The molecule has 0 aromatic heterocycles. The predicted octanol–water partition coefficient (Wildman–Crippen LogP) is 1.87. The van der Waals surface area contributed by atoms with E-state index in [1.54, 1.807) is 11.0 Å². The van der Waals surface area contributed by atoms with E-state index in [9.17, 15) is 14.9 Å². The van der Waals surface area contributed by atoms with Gasteiger partial charge < -0.3 is 10.2 Å². The molecule has 0 bridgehead atoms. The van der Waals surface area contributed by atoms with Crippen LogP contribution in [-0.2, 0) is 0 Å². The fourth-order valence-corrected chi connectivity index (χ4v) is 2.85. The fourth-order valence-electron chi connectivity index (χ4n) is 2.85. The molecule has 1 heterocycles. The van der Waals surface area contributed by atoms with E-state index in [0.29, 0.717) is 17.3 Å². The number of hydrogen-bond donors (Lipinski definition) is 1. The summed E-state index contributed by atoms with van der Waals surface area (Å²) < 4.78 is 0. The van der Waals surface area contributed by atoms with Crippen LogP contribution < -0.4 is 10.2 Å². The summed E-state index contributed by atoms with van der Waals surface area (Å²) in [7, 11) is 3.63. The van der Waals surface area contributed by atoms with Gasteiger partial charge in [-0.25, -0.2) is 0 Å². The number of likely N-dealkylation sites (tertiary alicyclic amines) is 1. The lowest BCUT2D eigenvalue weighted by atomic mass is 10.1. The van der Waals surface area contributed by atoms with Crippen LogP contribution >= 0.6 is 0 Å². The Morgan fingerprint density at radius 1 is 1.43 bits per heavy atom. The number of nitrogens with one attached hydrogen (secondary N) is 1. The molecule has 0 spiro atoms. The lowest BCUT2D eigenvalue weighted by Gasteiger charge is -2.21. The van der Waals surface area contributed by atoms with E-state index in [4.69, 9.17) is 0 Å². The van der Waals surface area contributed by atoms with Crippen molar-refractivity contribution in [3.63, 3.8) is 0 Å². The molecule has 1 saturated heterocycles. The standard InChI is InChI=1S/C16H24N4O3/c1-11(2)19-8-7-12(10-19)17-16(21)14-9-13(20(22)23)5-6-15(14)18(3)4/h5-6,9,11-12H,7-8,10H2,1-4H3,(H,17,21). The minimum absolute atomic E-state index is 0.0732. The van der Waals surface area contributed by atoms with Crippen LogP contribution in [-0.4, -0.2) is 55.0 Å². The molecule has 1 aromatic carbocycles. The summed E-state index contributed by atoms with van der Waals surface area (Å²) >= 11 is 0. The average Bonchev–Trinajstić information content (AvgIpc) is 2.95. The summed E-state index contributed by atoms with van der Waals surface area (Å²) in [6.07, 6.45) is 0.899. The van der Waals surface area contributed by atoms with E-state index < -0.39 is 4.92 Å². The van der Waals surface area contributed by atoms with Gasteiger partial charge in [-0.05, 0) is 26.3 Å². The molecule has 1 aromatic rings. The van der Waals surface area contributed by atoms with Gasteiger partial charge in [-0.15, -0.1) is 0 Å². The van der Waals surface area contributed by atoms with Crippen molar-refractivity contribution in [2.24, 2.45) is 0 Å². The Morgan fingerprint density at radius 3 is 2.65 bits per heavy atom. The highest BCUT2D eigenvalue weighted by atomic mass is 16.6. The van der Waals surface area contributed by atoms with Crippen molar-refractivity contribution in [2.75, 3.05) is 32.1 Å². The summed E-state index contributed by atoms with van der Waals surface area (Å²) in [6.45, 7) is 6.04. The highest BCUT2D eigenvalue weighted by Crippen LogP contribution is 2.24. The van der Waals surface area contributed by atoms with Crippen LogP contribution in [0.15, 0.2) is 18.2 Å². The molecule has 126 valence electrons. The maximum absolute atomic E-state index is 12.6. The number of carbonyl (C=O) groups is 1. The average molecular weight is 320 g/mol. The third-order valence-corrected chi connectivity index (χ3v) is 4.20. The number of benzene rings is 1. The van der Waals surface area contributed by atoms with E-state index in [1.165, 1.54) is 12.1 Å². The van der Waals surface area contributed by atoms with Crippen LogP contribution in [0.2, 0.25) is 0 Å². The number of nitrogens with zero attached hydrogens (tertiary/aromatic N) is 3. The number of nitro benzene ring substituents is 1. The molecule has 1 aliphatic heterocycles. The molecule has 7 nitrogen and oxygen atoms in total. The number of hydrogen-bond acceptors (Lipinski definition) is 5. The van der Waals surface area contributed by atoms with Crippen LogP contribution in [0, 0.1) is 10.1 Å². The first kappa shape index (κ1) is 17.2. The van der Waals surface area contributed by atoms with Crippen LogP contribution in [0.3, 0.4) is 0 Å². The van der Waals surface area contributed by atoms with Gasteiger partial charge in [0.05, 0.1) is 10.5 Å². The summed E-state index contributed by atoms with van der Waals surface area (Å²) in [5, 5.41) is 14.0. The van der Waals surface area contributed by atoms with Crippen molar-refractivity contribution in [1.29, 1.82) is 0 Å². The number of nitro groups is 1. The van der Waals surface area contributed by atoms with Crippen molar-refractivity contribution >= 4 is 17.3 Å². The molecule has 7 heteroatoms. The molecular formula is C16H24N4O3. The number of anilines is 1. The molecule has 1 unspecified atom stereocenters. The predicted molar refractivity (Wildman–Crippen MR) is 90.0 cm³/mol. The molecule has 1 N–H and O–H groups in total. The molecule has 1 amide bonds. The van der Waals surface area contributed by atoms with Gasteiger partial charge in [-0.3, -0.25) is 19.8 Å². The highest BCUT2D eigenvalue weighted by Gasteiger charge is 2.27. The van der Waals surface area contributed by atoms with Crippen molar-refractivity contribution in [2.45, 2.75) is 32.4 Å². The minimum atomic E-state index is -0.480. The number of amides is 1. The van der Waals surface area contributed by atoms with Crippen molar-refractivity contribution in [1.82, 2.24) is 10.2 Å². The van der Waals surface area contributed by atoms with E-state index in [0.717, 1.165) is 19.5 Å². The summed E-state index contributed by atoms with van der Waals surface area (Å²) in [4.78, 5) is 27.2. The molecule has 0 aliphatic carbocycles. The van der Waals surface area contributed by atoms with Gasteiger partial charge in [0.1, 0.15) is 0 Å². The fraction of sp³-hybridized carbons (Fsp3) is 0.562. The largest absolute Gasteiger partial charge is 0.377 e. The zero-order chi connectivity index (χ0) is 17.1. The maximum Gasteiger partial charge on any atom is 0.270 e. The van der Waals surface area contributed by atoms with E-state index >= 15 is 0 Å². The topological polar surface area (TPSA) is 78.7 Å². The highest BCUT2D eigenvalue weighted by molar-refractivity contribution is 6.00. The Labute approximate surface area is 136 Å². The zero-order valence-corrected chi connectivity index (χ0v) is 14.1. The van der Waals surface area contributed by atoms with Gasteiger partial charge in [-0.1, -0.05) is 0 Å². The van der Waals surface area contributed by atoms with E-state index in [-0.39, 0.29) is 17.6 Å². The van der Waals surface area contributed by atoms with Gasteiger partial charge in [0.15, 0.2) is 0 Å². The maximum atomic E-state index is 12.6. The Bertz CT molecular complexity index is 601. The Kier molecular flexibility index (Phi) is 5.20. The number of rotatable bonds is 5. The van der Waals surface area contributed by atoms with E-state index in [1.807, 2.05) is 14.1 Å². The minimum Gasteiger partial charge on any atom is -0.377 e. The second-order valence-electron chi connectivity index (χ2n) is 6.40. The Hall–Kier alpha value is -2.15. The van der Waals surface area contributed by atoms with Crippen LogP contribution in [0.5, 0.6) is 0 Å². The summed E-state index contributed by atoms with van der Waals surface area (Å²) in [5.74, 6) is -0.256. The zero-order valence-electron chi connectivity index (χ0n) is 14.1. The normalized spacial score (nSPS) is 18.2. The molecule has 0 saturated carbocycles. The third-order valence-electron chi connectivity index (χ3n) is 4.20. The van der Waals surface area contributed by atoms with Crippen LogP contribution in [0.1, 0.15) is 30.6 Å². The number of non-ortho nitro benzene ring substituents is 1. The van der Waals surface area contributed by atoms with Crippen molar-refractivity contribution in [3.8, 4) is 0 Å². The lowest BCUT2D eigenvalue weighted by molar-refractivity contribution is -0.384. The molecule has 1 fully saturated rings. The SMILES string of the molecule is CC(C)N1CCC(NC(=O)c2cc([N+](=O)[O-])ccc2N(C)C)C1. The molecule has 0 radical (unpaired) electrons. The molecule has 1 aliphatic rings. The third kappa shape index (κ3) is 3.98. The second-order valence-corrected chi connectivity index (χ2v) is 6.40. The van der Waals surface area contributed by atoms with Gasteiger partial charge in [0.25, 0.3) is 11.6 Å². The van der Waals surface area contributed by atoms with Gasteiger partial charge >= 0.3 is 0 Å². The Balaban J connectivity index is 2.18. The van der Waals surface area contributed by atoms with Crippen molar-refractivity contribution in [3.05, 3.63) is 33.9 Å². The first-order valence-corrected chi connectivity index (χ1v) is 7.80. The number of carbonyl (C=O) groups excluding carboxylic acids is 1. The van der Waals surface area contributed by atoms with Crippen LogP contribution in [0.25, 0.3) is 0 Å². The lowest BCUT2D eigenvalue weighted by Crippen LogP contribution is -2.39. The van der Waals surface area contributed by atoms with Gasteiger partial charge in [-0.2, -0.15) is 0 Å². The molecule has 2 rings (SSSR count). The monoisotopic (exact) mass is 320 g/mol. The quantitative estimate of drug-likeness (QED) is 0.662. The second kappa shape index (κ2) is 6.95. The molecule has 1 atom stereocenters.